The molecule has 0 amide bonds. The van der Waals surface area contributed by atoms with Gasteiger partial charge < -0.3 is 15.2 Å². The number of morpholine rings is 1. The SMILES string of the molecule is CCCNC(CO)(CCN1CCOCC1)c1ccccc1. The van der Waals surface area contributed by atoms with Crippen LogP contribution in [0.1, 0.15) is 25.3 Å². The van der Waals surface area contributed by atoms with E-state index in [1.165, 1.54) is 5.56 Å². The van der Waals surface area contributed by atoms with Gasteiger partial charge in [-0.2, -0.15) is 0 Å². The number of hydrogen-bond donors (Lipinski definition) is 2. The van der Waals surface area contributed by atoms with Crippen LogP contribution in [0.15, 0.2) is 30.3 Å². The lowest BCUT2D eigenvalue weighted by Gasteiger charge is -2.37. The number of aliphatic hydroxyl groups is 1. The van der Waals surface area contributed by atoms with Gasteiger partial charge in [-0.1, -0.05) is 37.3 Å². The normalized spacial score (nSPS) is 19.3. The molecule has 118 valence electrons. The number of ether oxygens (including phenoxy) is 1. The van der Waals surface area contributed by atoms with Gasteiger partial charge in [0, 0.05) is 19.6 Å². The molecule has 21 heavy (non-hydrogen) atoms. The standard InChI is InChI=1S/C17H28N2O2/c1-2-9-18-17(15-20,16-6-4-3-5-7-16)8-10-19-11-13-21-14-12-19/h3-7,18,20H,2,8-15H2,1H3. The maximum atomic E-state index is 10.1. The molecule has 1 saturated heterocycles. The summed E-state index contributed by atoms with van der Waals surface area (Å²) in [5, 5.41) is 13.7. The Morgan fingerprint density at radius 1 is 1.24 bits per heavy atom. The lowest BCUT2D eigenvalue weighted by atomic mass is 9.86. The van der Waals surface area contributed by atoms with E-state index in [4.69, 9.17) is 4.74 Å². The quantitative estimate of drug-likeness (QED) is 0.764. The molecule has 1 aromatic carbocycles. The first kappa shape index (κ1) is 16.4. The summed E-state index contributed by atoms with van der Waals surface area (Å²) in [6.07, 6.45) is 1.97. The highest BCUT2D eigenvalue weighted by atomic mass is 16.5. The number of nitrogens with zero attached hydrogens (tertiary/aromatic N) is 1. The van der Waals surface area contributed by atoms with E-state index in [-0.39, 0.29) is 12.1 Å². The van der Waals surface area contributed by atoms with Crippen molar-refractivity contribution in [3.63, 3.8) is 0 Å². The van der Waals surface area contributed by atoms with E-state index in [1.54, 1.807) is 0 Å². The van der Waals surface area contributed by atoms with E-state index in [0.29, 0.717) is 0 Å². The predicted molar refractivity (Wildman–Crippen MR) is 85.4 cm³/mol. The van der Waals surface area contributed by atoms with Crippen molar-refractivity contribution in [2.24, 2.45) is 0 Å². The second kappa shape index (κ2) is 8.49. The lowest BCUT2D eigenvalue weighted by molar-refractivity contribution is 0.0297. The first-order chi connectivity index (χ1) is 10.3. The molecule has 1 fully saturated rings. The zero-order chi connectivity index (χ0) is 15.0. The molecule has 2 N–H and O–H groups in total. The molecule has 1 unspecified atom stereocenters. The van der Waals surface area contributed by atoms with Crippen molar-refractivity contribution in [3.05, 3.63) is 35.9 Å². The minimum Gasteiger partial charge on any atom is -0.394 e. The van der Waals surface area contributed by atoms with Gasteiger partial charge in [0.1, 0.15) is 0 Å². The number of nitrogens with one attached hydrogen (secondary N) is 1. The predicted octanol–water partition coefficient (Wildman–Crippen LogP) is 1.60. The summed E-state index contributed by atoms with van der Waals surface area (Å²) in [7, 11) is 0. The molecular weight excluding hydrogens is 264 g/mol. The van der Waals surface area contributed by atoms with Gasteiger partial charge in [-0.15, -0.1) is 0 Å². The van der Waals surface area contributed by atoms with Crippen LogP contribution < -0.4 is 5.32 Å². The van der Waals surface area contributed by atoms with E-state index in [1.807, 2.05) is 18.2 Å². The monoisotopic (exact) mass is 292 g/mol. The van der Waals surface area contributed by atoms with Crippen LogP contribution in [0.3, 0.4) is 0 Å². The second-order valence-electron chi connectivity index (χ2n) is 5.74. The summed E-state index contributed by atoms with van der Waals surface area (Å²) in [4.78, 5) is 2.42. The fraction of sp³-hybridized carbons (Fsp3) is 0.647. The van der Waals surface area contributed by atoms with Crippen LogP contribution in [0, 0.1) is 0 Å². The van der Waals surface area contributed by atoms with Crippen molar-refractivity contribution < 1.29 is 9.84 Å². The largest absolute Gasteiger partial charge is 0.394 e. The van der Waals surface area contributed by atoms with Gasteiger partial charge in [0.25, 0.3) is 0 Å². The van der Waals surface area contributed by atoms with Crippen LogP contribution >= 0.6 is 0 Å². The number of hydrogen-bond acceptors (Lipinski definition) is 4. The van der Waals surface area contributed by atoms with Crippen LogP contribution in [-0.2, 0) is 10.3 Å². The molecule has 0 aliphatic carbocycles. The van der Waals surface area contributed by atoms with E-state index < -0.39 is 0 Å². The average molecular weight is 292 g/mol. The van der Waals surface area contributed by atoms with Crippen molar-refractivity contribution in [2.75, 3.05) is 46.0 Å². The Labute approximate surface area is 128 Å². The van der Waals surface area contributed by atoms with Gasteiger partial charge in [-0.25, -0.2) is 0 Å². The Morgan fingerprint density at radius 3 is 2.57 bits per heavy atom. The van der Waals surface area contributed by atoms with Crippen molar-refractivity contribution >= 4 is 0 Å². The molecule has 0 bridgehead atoms. The van der Waals surface area contributed by atoms with Crippen molar-refractivity contribution in [3.8, 4) is 0 Å². The summed E-state index contributed by atoms with van der Waals surface area (Å²) >= 11 is 0. The van der Waals surface area contributed by atoms with Crippen molar-refractivity contribution in [2.45, 2.75) is 25.3 Å². The molecule has 0 radical (unpaired) electrons. The molecule has 0 aromatic heterocycles. The molecular formula is C17H28N2O2. The van der Waals surface area contributed by atoms with Gasteiger partial charge >= 0.3 is 0 Å². The number of aliphatic hydroxyl groups excluding tert-OH is 1. The minimum absolute atomic E-state index is 0.126. The Kier molecular flexibility index (Phi) is 6.64. The fourth-order valence-corrected chi connectivity index (χ4v) is 2.86. The Morgan fingerprint density at radius 2 is 1.95 bits per heavy atom. The fourth-order valence-electron chi connectivity index (χ4n) is 2.86. The van der Waals surface area contributed by atoms with E-state index in [2.05, 4.69) is 29.3 Å². The van der Waals surface area contributed by atoms with Crippen LogP contribution in [0.25, 0.3) is 0 Å². The summed E-state index contributed by atoms with van der Waals surface area (Å²) in [6, 6.07) is 10.3. The maximum absolute atomic E-state index is 10.1. The molecule has 1 heterocycles. The van der Waals surface area contributed by atoms with E-state index >= 15 is 0 Å². The molecule has 2 rings (SSSR count). The van der Waals surface area contributed by atoms with Crippen LogP contribution in [0.2, 0.25) is 0 Å². The molecule has 4 nitrogen and oxygen atoms in total. The van der Waals surface area contributed by atoms with Crippen LogP contribution in [0.4, 0.5) is 0 Å². The Bertz CT molecular complexity index is 393. The summed E-state index contributed by atoms with van der Waals surface area (Å²) in [5.74, 6) is 0. The highest BCUT2D eigenvalue weighted by Gasteiger charge is 2.31. The minimum atomic E-state index is -0.338. The van der Waals surface area contributed by atoms with Crippen molar-refractivity contribution in [1.82, 2.24) is 10.2 Å². The lowest BCUT2D eigenvalue weighted by Crippen LogP contribution is -2.49. The highest BCUT2D eigenvalue weighted by molar-refractivity contribution is 5.24. The summed E-state index contributed by atoms with van der Waals surface area (Å²) in [6.45, 7) is 7.80. The topological polar surface area (TPSA) is 44.7 Å². The number of benzene rings is 1. The Hall–Kier alpha value is -0.940. The first-order valence-corrected chi connectivity index (χ1v) is 8.02. The van der Waals surface area contributed by atoms with Gasteiger partial charge in [0.05, 0.1) is 25.4 Å². The third-order valence-electron chi connectivity index (χ3n) is 4.27. The highest BCUT2D eigenvalue weighted by Crippen LogP contribution is 2.25. The summed E-state index contributed by atoms with van der Waals surface area (Å²) < 4.78 is 5.40. The number of rotatable bonds is 8. The van der Waals surface area contributed by atoms with Gasteiger partial charge in [0.2, 0.25) is 0 Å². The van der Waals surface area contributed by atoms with Crippen LogP contribution in [0.5, 0.6) is 0 Å². The molecule has 1 aliphatic heterocycles. The molecule has 1 aliphatic rings. The van der Waals surface area contributed by atoms with Gasteiger partial charge in [0.15, 0.2) is 0 Å². The smallest absolute Gasteiger partial charge is 0.0681 e. The zero-order valence-corrected chi connectivity index (χ0v) is 13.1. The van der Waals surface area contributed by atoms with Gasteiger partial charge in [-0.05, 0) is 24.9 Å². The second-order valence-corrected chi connectivity index (χ2v) is 5.74. The van der Waals surface area contributed by atoms with Crippen molar-refractivity contribution in [1.29, 1.82) is 0 Å². The molecule has 0 saturated carbocycles. The first-order valence-electron chi connectivity index (χ1n) is 8.02. The van der Waals surface area contributed by atoms with Gasteiger partial charge in [-0.3, -0.25) is 4.90 Å². The third kappa shape index (κ3) is 4.51. The zero-order valence-electron chi connectivity index (χ0n) is 13.1. The van der Waals surface area contributed by atoms with E-state index in [0.717, 1.165) is 52.2 Å². The van der Waals surface area contributed by atoms with E-state index in [9.17, 15) is 5.11 Å². The Balaban J connectivity index is 2.06. The average Bonchev–Trinajstić information content (AvgIpc) is 2.57. The molecule has 0 spiro atoms. The summed E-state index contributed by atoms with van der Waals surface area (Å²) in [5.41, 5.74) is 0.837. The molecule has 1 aromatic rings. The molecule has 4 heteroatoms. The molecule has 1 atom stereocenters. The van der Waals surface area contributed by atoms with Crippen LogP contribution in [-0.4, -0.2) is 56.0 Å². The third-order valence-corrected chi connectivity index (χ3v) is 4.27. The maximum Gasteiger partial charge on any atom is 0.0681 e.